The highest BCUT2D eigenvalue weighted by Crippen LogP contribution is 2.23. The molecule has 0 amide bonds. The van der Waals surface area contributed by atoms with Crippen LogP contribution < -0.4 is 0 Å². The SMILES string of the molecule is CC1CCCN(C(C)C(=O)c2c[nH]c3ccccc23)C1. The lowest BCUT2D eigenvalue weighted by Gasteiger charge is -2.34. The average Bonchev–Trinajstić information content (AvgIpc) is 2.89. The Kier molecular flexibility index (Phi) is 3.62. The number of hydrogen-bond acceptors (Lipinski definition) is 2. The Hall–Kier alpha value is -1.61. The van der Waals surface area contributed by atoms with Gasteiger partial charge in [-0.1, -0.05) is 25.1 Å². The number of para-hydroxylation sites is 1. The van der Waals surface area contributed by atoms with Gasteiger partial charge in [-0.25, -0.2) is 0 Å². The molecule has 2 aromatic rings. The summed E-state index contributed by atoms with van der Waals surface area (Å²) in [6, 6.07) is 7.98. The number of ketones is 1. The van der Waals surface area contributed by atoms with Gasteiger partial charge in [0.1, 0.15) is 0 Å². The summed E-state index contributed by atoms with van der Waals surface area (Å²) in [4.78, 5) is 18.3. The number of aromatic amines is 1. The van der Waals surface area contributed by atoms with E-state index in [2.05, 4.69) is 16.8 Å². The molecule has 0 aliphatic carbocycles. The Bertz CT molecular complexity index is 616. The molecule has 0 radical (unpaired) electrons. The molecular formula is C17H22N2O. The molecule has 3 nitrogen and oxygen atoms in total. The van der Waals surface area contributed by atoms with E-state index in [0.29, 0.717) is 5.92 Å². The van der Waals surface area contributed by atoms with Crippen LogP contribution in [0.1, 0.15) is 37.0 Å². The van der Waals surface area contributed by atoms with Crippen molar-refractivity contribution in [3.05, 3.63) is 36.0 Å². The predicted molar refractivity (Wildman–Crippen MR) is 82.1 cm³/mol. The van der Waals surface area contributed by atoms with Gasteiger partial charge >= 0.3 is 0 Å². The van der Waals surface area contributed by atoms with E-state index in [-0.39, 0.29) is 11.8 Å². The lowest BCUT2D eigenvalue weighted by molar-refractivity contribution is 0.0766. The van der Waals surface area contributed by atoms with Gasteiger partial charge in [0.05, 0.1) is 6.04 Å². The second-order valence-electron chi connectivity index (χ2n) is 6.03. The molecule has 0 bridgehead atoms. The van der Waals surface area contributed by atoms with Gasteiger partial charge in [0.2, 0.25) is 0 Å². The zero-order chi connectivity index (χ0) is 14.1. The largest absolute Gasteiger partial charge is 0.360 e. The van der Waals surface area contributed by atoms with E-state index >= 15 is 0 Å². The van der Waals surface area contributed by atoms with Crippen LogP contribution in [-0.4, -0.2) is 34.8 Å². The maximum atomic E-state index is 12.8. The minimum atomic E-state index is -0.0306. The summed E-state index contributed by atoms with van der Waals surface area (Å²) in [6.07, 6.45) is 4.34. The lowest BCUT2D eigenvalue weighted by Crippen LogP contribution is -2.44. The van der Waals surface area contributed by atoms with Crippen molar-refractivity contribution >= 4 is 16.7 Å². The third-order valence-electron chi connectivity index (χ3n) is 4.47. The summed E-state index contributed by atoms with van der Waals surface area (Å²) in [7, 11) is 0. The van der Waals surface area contributed by atoms with E-state index in [1.165, 1.54) is 12.8 Å². The molecule has 3 rings (SSSR count). The summed E-state index contributed by atoms with van der Waals surface area (Å²) >= 11 is 0. The fourth-order valence-electron chi connectivity index (χ4n) is 3.24. The summed E-state index contributed by atoms with van der Waals surface area (Å²) in [5.41, 5.74) is 1.86. The second-order valence-corrected chi connectivity index (χ2v) is 6.03. The zero-order valence-electron chi connectivity index (χ0n) is 12.2. The number of piperidine rings is 1. The number of aromatic nitrogens is 1. The monoisotopic (exact) mass is 270 g/mol. The van der Waals surface area contributed by atoms with Crippen molar-refractivity contribution in [2.45, 2.75) is 32.7 Å². The first-order valence-corrected chi connectivity index (χ1v) is 7.51. The Morgan fingerprint density at radius 1 is 1.40 bits per heavy atom. The van der Waals surface area contributed by atoms with Crippen LogP contribution in [0.15, 0.2) is 30.5 Å². The van der Waals surface area contributed by atoms with Crippen LogP contribution in [0.4, 0.5) is 0 Å². The van der Waals surface area contributed by atoms with E-state index in [4.69, 9.17) is 0 Å². The highest BCUT2D eigenvalue weighted by molar-refractivity contribution is 6.10. The first kappa shape index (κ1) is 13.4. The highest BCUT2D eigenvalue weighted by atomic mass is 16.1. The first-order chi connectivity index (χ1) is 9.66. The molecule has 1 saturated heterocycles. The number of carbonyl (C=O) groups is 1. The van der Waals surface area contributed by atoms with Crippen molar-refractivity contribution in [1.82, 2.24) is 9.88 Å². The molecule has 1 aliphatic heterocycles. The zero-order valence-corrected chi connectivity index (χ0v) is 12.2. The van der Waals surface area contributed by atoms with Gasteiger partial charge < -0.3 is 4.98 Å². The normalized spacial score (nSPS) is 22.0. The Labute approximate surface area is 120 Å². The third-order valence-corrected chi connectivity index (χ3v) is 4.47. The van der Waals surface area contributed by atoms with Gasteiger partial charge in [-0.3, -0.25) is 9.69 Å². The van der Waals surface area contributed by atoms with Crippen molar-refractivity contribution < 1.29 is 4.79 Å². The van der Waals surface area contributed by atoms with E-state index in [9.17, 15) is 4.79 Å². The number of Topliss-reactive ketones (excluding diaryl/α,β-unsaturated/α-hetero) is 1. The number of fused-ring (bicyclic) bond motifs is 1. The maximum absolute atomic E-state index is 12.8. The van der Waals surface area contributed by atoms with Gasteiger partial charge in [-0.05, 0) is 38.3 Å². The lowest BCUT2D eigenvalue weighted by atomic mass is 9.96. The van der Waals surface area contributed by atoms with Crippen LogP contribution in [0.5, 0.6) is 0 Å². The van der Waals surface area contributed by atoms with Crippen molar-refractivity contribution in [3.63, 3.8) is 0 Å². The summed E-state index contributed by atoms with van der Waals surface area (Å²) in [5.74, 6) is 0.929. The van der Waals surface area contributed by atoms with Gasteiger partial charge in [-0.2, -0.15) is 0 Å². The number of carbonyl (C=O) groups excluding carboxylic acids is 1. The summed E-state index contributed by atoms with van der Waals surface area (Å²) in [6.45, 7) is 6.39. The summed E-state index contributed by atoms with van der Waals surface area (Å²) in [5, 5.41) is 1.04. The number of rotatable bonds is 3. The first-order valence-electron chi connectivity index (χ1n) is 7.51. The molecule has 20 heavy (non-hydrogen) atoms. The number of likely N-dealkylation sites (tertiary alicyclic amines) is 1. The molecule has 106 valence electrons. The quantitative estimate of drug-likeness (QED) is 0.867. The van der Waals surface area contributed by atoms with E-state index < -0.39 is 0 Å². The molecule has 1 aromatic heterocycles. The second kappa shape index (κ2) is 5.41. The van der Waals surface area contributed by atoms with Crippen molar-refractivity contribution in [3.8, 4) is 0 Å². The minimum Gasteiger partial charge on any atom is -0.360 e. The maximum Gasteiger partial charge on any atom is 0.181 e. The van der Waals surface area contributed by atoms with Crippen molar-refractivity contribution in [2.75, 3.05) is 13.1 Å². The van der Waals surface area contributed by atoms with Crippen LogP contribution >= 0.6 is 0 Å². The van der Waals surface area contributed by atoms with E-state index in [1.54, 1.807) is 0 Å². The van der Waals surface area contributed by atoms with Crippen molar-refractivity contribution in [1.29, 1.82) is 0 Å². The standard InChI is InChI=1S/C17H22N2O/c1-12-6-5-9-19(11-12)13(2)17(20)15-10-18-16-8-4-3-7-14(15)16/h3-4,7-8,10,12-13,18H,5-6,9,11H2,1-2H3. The molecule has 1 aliphatic rings. The number of hydrogen-bond donors (Lipinski definition) is 1. The highest BCUT2D eigenvalue weighted by Gasteiger charge is 2.27. The number of H-pyrrole nitrogens is 1. The molecule has 2 atom stereocenters. The molecule has 3 heteroatoms. The van der Waals surface area contributed by atoms with E-state index in [1.807, 2.05) is 37.4 Å². The fraction of sp³-hybridized carbons (Fsp3) is 0.471. The van der Waals surface area contributed by atoms with E-state index in [0.717, 1.165) is 29.6 Å². The van der Waals surface area contributed by atoms with Gasteiger partial charge in [-0.15, -0.1) is 0 Å². The molecule has 1 fully saturated rings. The molecular weight excluding hydrogens is 248 g/mol. The predicted octanol–water partition coefficient (Wildman–Crippen LogP) is 3.47. The fourth-order valence-corrected chi connectivity index (χ4v) is 3.24. The molecule has 2 unspecified atom stereocenters. The topological polar surface area (TPSA) is 36.1 Å². The third kappa shape index (κ3) is 2.38. The Morgan fingerprint density at radius 3 is 3.00 bits per heavy atom. The molecule has 0 saturated carbocycles. The van der Waals surface area contributed by atoms with Gasteiger partial charge in [0, 0.05) is 29.2 Å². The van der Waals surface area contributed by atoms with Crippen LogP contribution in [-0.2, 0) is 0 Å². The van der Waals surface area contributed by atoms with Crippen LogP contribution in [0.25, 0.3) is 10.9 Å². The minimum absolute atomic E-state index is 0.0306. The smallest absolute Gasteiger partial charge is 0.181 e. The number of nitrogens with zero attached hydrogens (tertiary/aromatic N) is 1. The van der Waals surface area contributed by atoms with Gasteiger partial charge in [0.15, 0.2) is 5.78 Å². The molecule has 0 spiro atoms. The summed E-state index contributed by atoms with van der Waals surface area (Å²) < 4.78 is 0. The number of benzene rings is 1. The van der Waals surface area contributed by atoms with Crippen LogP contribution in [0, 0.1) is 5.92 Å². The van der Waals surface area contributed by atoms with Gasteiger partial charge in [0.25, 0.3) is 0 Å². The molecule has 1 N–H and O–H groups in total. The van der Waals surface area contributed by atoms with Crippen molar-refractivity contribution in [2.24, 2.45) is 5.92 Å². The van der Waals surface area contributed by atoms with Crippen LogP contribution in [0.3, 0.4) is 0 Å². The van der Waals surface area contributed by atoms with Crippen LogP contribution in [0.2, 0.25) is 0 Å². The molecule has 1 aromatic carbocycles. The number of nitrogens with one attached hydrogen (secondary N) is 1. The Morgan fingerprint density at radius 2 is 2.20 bits per heavy atom. The molecule has 2 heterocycles. The average molecular weight is 270 g/mol. The Balaban J connectivity index is 1.84.